The number of halogens is 1. The Balaban J connectivity index is 1.80. The van der Waals surface area contributed by atoms with Gasteiger partial charge in [-0.05, 0) is 36.4 Å². The van der Waals surface area contributed by atoms with Crippen molar-refractivity contribution in [2.45, 2.75) is 4.90 Å². The molecule has 180 valence electrons. The van der Waals surface area contributed by atoms with E-state index in [1.807, 2.05) is 0 Å². The maximum absolute atomic E-state index is 13.5. The van der Waals surface area contributed by atoms with Crippen LogP contribution in [0.15, 0.2) is 47.4 Å². The highest BCUT2D eigenvalue weighted by Crippen LogP contribution is 2.32. The van der Waals surface area contributed by atoms with Crippen LogP contribution in [0.1, 0.15) is 0 Å². The van der Waals surface area contributed by atoms with E-state index in [0.29, 0.717) is 32.1 Å². The summed E-state index contributed by atoms with van der Waals surface area (Å²) in [5.41, 5.74) is 0.162. The van der Waals surface area contributed by atoms with Gasteiger partial charge in [-0.15, -0.1) is 0 Å². The zero-order valence-corrected chi connectivity index (χ0v) is 19.4. The number of amides is 1. The number of nitrogens with zero attached hydrogens (tertiary/aromatic N) is 2. The Hall–Kier alpha value is -2.89. The zero-order valence-electron chi connectivity index (χ0n) is 18.6. The summed E-state index contributed by atoms with van der Waals surface area (Å²) in [5.74, 6) is -0.396. The number of benzene rings is 2. The minimum Gasteiger partial charge on any atom is -0.493 e. The molecule has 1 aliphatic rings. The lowest BCUT2D eigenvalue weighted by Gasteiger charge is -2.27. The fraction of sp³-hybridized carbons (Fsp3) is 0.409. The largest absolute Gasteiger partial charge is 0.493 e. The van der Waals surface area contributed by atoms with Gasteiger partial charge in [0.25, 0.3) is 10.0 Å². The molecule has 1 heterocycles. The molecule has 0 aromatic heterocycles. The Labute approximate surface area is 193 Å². The lowest BCUT2D eigenvalue weighted by atomic mass is 10.3. The topological polar surface area (TPSA) is 97.4 Å². The van der Waals surface area contributed by atoms with Crippen LogP contribution in [-0.2, 0) is 19.6 Å². The molecule has 0 radical (unpaired) electrons. The maximum Gasteiger partial charge on any atom is 0.264 e. The van der Waals surface area contributed by atoms with Crippen LogP contribution in [0.3, 0.4) is 0 Å². The van der Waals surface area contributed by atoms with Gasteiger partial charge in [-0.25, -0.2) is 12.8 Å². The van der Waals surface area contributed by atoms with Crippen molar-refractivity contribution < 1.29 is 31.8 Å². The Morgan fingerprint density at radius 3 is 2.39 bits per heavy atom. The van der Waals surface area contributed by atoms with E-state index >= 15 is 0 Å². The molecule has 11 heteroatoms. The summed E-state index contributed by atoms with van der Waals surface area (Å²) in [5, 5.41) is 2.76. The highest BCUT2D eigenvalue weighted by Gasteiger charge is 2.28. The normalized spacial score (nSPS) is 14.5. The quantitative estimate of drug-likeness (QED) is 0.549. The second kappa shape index (κ2) is 11.3. The lowest BCUT2D eigenvalue weighted by Crippen LogP contribution is -2.44. The molecule has 0 unspecified atom stereocenters. The fourth-order valence-electron chi connectivity index (χ4n) is 3.39. The summed E-state index contributed by atoms with van der Waals surface area (Å²) in [6.45, 7) is 3.40. The van der Waals surface area contributed by atoms with E-state index in [9.17, 15) is 17.6 Å². The van der Waals surface area contributed by atoms with Crippen LogP contribution in [-0.4, -0.2) is 79.4 Å². The standard InChI is InChI=1S/C22H28FN3O6S/c1-30-20-8-7-19(15-21(20)31-2)33(28,29)26(18-5-3-17(23)4-6-18)16-22(27)24-9-10-25-11-13-32-14-12-25/h3-8,15H,9-14,16H2,1-2H3,(H,24,27). The molecule has 1 fully saturated rings. The molecule has 3 rings (SSSR count). The molecule has 2 aromatic rings. The first-order valence-corrected chi connectivity index (χ1v) is 11.9. The lowest BCUT2D eigenvalue weighted by molar-refractivity contribution is -0.119. The predicted molar refractivity (Wildman–Crippen MR) is 121 cm³/mol. The van der Waals surface area contributed by atoms with Crippen molar-refractivity contribution in [1.29, 1.82) is 0 Å². The third-order valence-corrected chi connectivity index (χ3v) is 6.97. The van der Waals surface area contributed by atoms with Gasteiger partial charge >= 0.3 is 0 Å². The molecule has 33 heavy (non-hydrogen) atoms. The van der Waals surface area contributed by atoms with Crippen LogP contribution in [0.25, 0.3) is 0 Å². The minimum atomic E-state index is -4.18. The smallest absolute Gasteiger partial charge is 0.264 e. The van der Waals surface area contributed by atoms with Crippen molar-refractivity contribution >= 4 is 21.6 Å². The number of methoxy groups -OCH3 is 2. The molecule has 0 bridgehead atoms. The molecule has 1 N–H and O–H groups in total. The number of hydrogen-bond donors (Lipinski definition) is 1. The van der Waals surface area contributed by atoms with Gasteiger partial charge < -0.3 is 19.5 Å². The molecule has 1 aliphatic heterocycles. The van der Waals surface area contributed by atoms with E-state index in [4.69, 9.17) is 14.2 Å². The molecule has 1 saturated heterocycles. The molecule has 9 nitrogen and oxygen atoms in total. The number of sulfonamides is 1. The highest BCUT2D eigenvalue weighted by molar-refractivity contribution is 7.92. The number of morpholine rings is 1. The van der Waals surface area contributed by atoms with Gasteiger partial charge in [0, 0.05) is 32.2 Å². The van der Waals surface area contributed by atoms with Crippen molar-refractivity contribution in [1.82, 2.24) is 10.2 Å². The fourth-order valence-corrected chi connectivity index (χ4v) is 4.83. The molecule has 0 atom stereocenters. The molecular formula is C22H28FN3O6S. The first-order chi connectivity index (χ1) is 15.8. The summed E-state index contributed by atoms with van der Waals surface area (Å²) in [4.78, 5) is 14.7. The van der Waals surface area contributed by atoms with Crippen LogP contribution in [0, 0.1) is 5.82 Å². The van der Waals surface area contributed by atoms with Crippen molar-refractivity contribution in [2.75, 3.05) is 64.5 Å². The van der Waals surface area contributed by atoms with Gasteiger partial charge in [0.2, 0.25) is 5.91 Å². The predicted octanol–water partition coefficient (Wildman–Crippen LogP) is 1.49. The van der Waals surface area contributed by atoms with E-state index in [-0.39, 0.29) is 16.3 Å². The second-order valence-corrected chi connectivity index (χ2v) is 9.17. The number of nitrogens with one attached hydrogen (secondary N) is 1. The van der Waals surface area contributed by atoms with Crippen molar-refractivity contribution in [3.05, 3.63) is 48.3 Å². The molecular weight excluding hydrogens is 453 g/mol. The monoisotopic (exact) mass is 481 g/mol. The van der Waals surface area contributed by atoms with E-state index in [0.717, 1.165) is 29.5 Å². The molecule has 1 amide bonds. The van der Waals surface area contributed by atoms with Gasteiger partial charge in [0.1, 0.15) is 12.4 Å². The van der Waals surface area contributed by atoms with Gasteiger partial charge in [-0.3, -0.25) is 14.0 Å². The van der Waals surface area contributed by atoms with Crippen LogP contribution in [0.5, 0.6) is 11.5 Å². The molecule has 2 aromatic carbocycles. The molecule has 0 spiro atoms. The van der Waals surface area contributed by atoms with Gasteiger partial charge in [-0.1, -0.05) is 0 Å². The van der Waals surface area contributed by atoms with E-state index in [1.165, 1.54) is 44.6 Å². The Morgan fingerprint density at radius 1 is 1.09 bits per heavy atom. The zero-order chi connectivity index (χ0) is 23.8. The number of carbonyl (C=O) groups excluding carboxylic acids is 1. The highest BCUT2D eigenvalue weighted by atomic mass is 32.2. The van der Waals surface area contributed by atoms with Crippen LogP contribution in [0.2, 0.25) is 0 Å². The second-order valence-electron chi connectivity index (χ2n) is 7.31. The third kappa shape index (κ3) is 6.34. The van der Waals surface area contributed by atoms with E-state index in [2.05, 4.69) is 10.2 Å². The summed E-state index contributed by atoms with van der Waals surface area (Å²) >= 11 is 0. The number of carbonyl (C=O) groups is 1. The summed E-state index contributed by atoms with van der Waals surface area (Å²) in [7, 11) is -1.34. The summed E-state index contributed by atoms with van der Waals surface area (Å²) in [6, 6.07) is 9.07. The average molecular weight is 482 g/mol. The van der Waals surface area contributed by atoms with Crippen molar-refractivity contribution in [3.63, 3.8) is 0 Å². The first kappa shape index (κ1) is 24.7. The maximum atomic E-state index is 13.5. The summed E-state index contributed by atoms with van der Waals surface area (Å²) in [6.07, 6.45) is 0. The number of hydrogen-bond acceptors (Lipinski definition) is 7. The average Bonchev–Trinajstić information content (AvgIpc) is 2.83. The summed E-state index contributed by atoms with van der Waals surface area (Å²) < 4.78 is 57.0. The van der Waals surface area contributed by atoms with E-state index in [1.54, 1.807) is 0 Å². The minimum absolute atomic E-state index is 0.0920. The third-order valence-electron chi connectivity index (χ3n) is 5.20. The Kier molecular flexibility index (Phi) is 8.48. The number of ether oxygens (including phenoxy) is 3. The van der Waals surface area contributed by atoms with Crippen molar-refractivity contribution in [2.24, 2.45) is 0 Å². The van der Waals surface area contributed by atoms with Crippen LogP contribution >= 0.6 is 0 Å². The van der Waals surface area contributed by atoms with Crippen LogP contribution < -0.4 is 19.1 Å². The van der Waals surface area contributed by atoms with Crippen LogP contribution in [0.4, 0.5) is 10.1 Å². The van der Waals surface area contributed by atoms with Crippen molar-refractivity contribution in [3.8, 4) is 11.5 Å². The first-order valence-electron chi connectivity index (χ1n) is 10.4. The Bertz CT molecular complexity index is 1040. The SMILES string of the molecule is COc1ccc(S(=O)(=O)N(CC(=O)NCCN2CCOCC2)c2ccc(F)cc2)cc1OC. The number of anilines is 1. The van der Waals surface area contributed by atoms with Gasteiger partial charge in [0.05, 0.1) is 38.0 Å². The van der Waals surface area contributed by atoms with Gasteiger partial charge in [0.15, 0.2) is 11.5 Å². The molecule has 0 saturated carbocycles. The number of rotatable bonds is 10. The van der Waals surface area contributed by atoms with Gasteiger partial charge in [-0.2, -0.15) is 0 Å². The molecule has 0 aliphatic carbocycles. The Morgan fingerprint density at radius 2 is 1.76 bits per heavy atom. The van der Waals surface area contributed by atoms with E-state index < -0.39 is 28.3 Å².